The van der Waals surface area contributed by atoms with Gasteiger partial charge in [0.2, 0.25) is 5.91 Å². The number of hydrogen-bond acceptors (Lipinski definition) is 3. The smallest absolute Gasteiger partial charge is 0.244 e. The fourth-order valence-corrected chi connectivity index (χ4v) is 4.17. The first-order valence-corrected chi connectivity index (χ1v) is 9.28. The molecule has 2 aliphatic rings. The molecule has 2 atom stereocenters. The minimum atomic E-state index is -0.217. The third kappa shape index (κ3) is 2.76. The first-order chi connectivity index (χ1) is 10.2. The summed E-state index contributed by atoms with van der Waals surface area (Å²) in [5.74, 6) is 0.355. The molecule has 1 aliphatic carbocycles. The Labute approximate surface area is 131 Å². The van der Waals surface area contributed by atoms with Crippen LogP contribution in [0.15, 0.2) is 16.8 Å². The van der Waals surface area contributed by atoms with Gasteiger partial charge >= 0.3 is 0 Å². The molecule has 21 heavy (non-hydrogen) atoms. The van der Waals surface area contributed by atoms with Gasteiger partial charge in [0.25, 0.3) is 0 Å². The number of carbonyl (C=O) groups is 1. The van der Waals surface area contributed by atoms with Crippen molar-refractivity contribution in [2.75, 3.05) is 0 Å². The van der Waals surface area contributed by atoms with Crippen LogP contribution in [0.25, 0.3) is 0 Å². The third-order valence-corrected chi connectivity index (χ3v) is 5.55. The first-order valence-electron chi connectivity index (χ1n) is 8.34. The van der Waals surface area contributed by atoms with Crippen LogP contribution in [-0.4, -0.2) is 22.4 Å². The van der Waals surface area contributed by atoms with Crippen molar-refractivity contribution in [2.24, 2.45) is 0 Å². The normalized spacial score (nSPS) is 24.8. The lowest BCUT2D eigenvalue weighted by atomic mass is 10.0. The molecule has 0 bridgehead atoms. The summed E-state index contributed by atoms with van der Waals surface area (Å²) in [6, 6.07) is 2.55. The molecule has 2 heterocycles. The minimum absolute atomic E-state index is 0.0969. The molecule has 2 fully saturated rings. The maximum atomic E-state index is 12.9. The zero-order chi connectivity index (χ0) is 14.9. The van der Waals surface area contributed by atoms with Crippen molar-refractivity contribution in [3.05, 3.63) is 22.4 Å². The van der Waals surface area contributed by atoms with Gasteiger partial charge in [-0.3, -0.25) is 10.1 Å². The van der Waals surface area contributed by atoms with Gasteiger partial charge in [-0.15, -0.1) is 0 Å². The predicted octanol–water partition coefficient (Wildman–Crippen LogP) is 4.07. The zero-order valence-electron chi connectivity index (χ0n) is 13.1. The van der Waals surface area contributed by atoms with E-state index < -0.39 is 0 Å². The monoisotopic (exact) mass is 306 g/mol. The molecule has 0 aromatic carbocycles. The number of thiophene rings is 1. The van der Waals surface area contributed by atoms with Crippen LogP contribution in [0.5, 0.6) is 0 Å². The van der Waals surface area contributed by atoms with Crippen LogP contribution in [0.3, 0.4) is 0 Å². The molecule has 1 saturated heterocycles. The van der Waals surface area contributed by atoms with E-state index in [-0.39, 0.29) is 11.7 Å². The molecular formula is C17H26N2OS. The Morgan fingerprint density at radius 3 is 2.76 bits per heavy atom. The van der Waals surface area contributed by atoms with Gasteiger partial charge in [-0.2, -0.15) is 11.3 Å². The lowest BCUT2D eigenvalue weighted by molar-refractivity contribution is -0.133. The van der Waals surface area contributed by atoms with Crippen LogP contribution in [0.4, 0.5) is 0 Å². The van der Waals surface area contributed by atoms with Crippen molar-refractivity contribution in [3.63, 3.8) is 0 Å². The third-order valence-electron chi connectivity index (χ3n) is 4.85. The summed E-state index contributed by atoms with van der Waals surface area (Å²) in [5.41, 5.74) is 1.04. The number of carbonyl (C=O) groups excluding carboxylic acids is 1. The highest BCUT2D eigenvalue weighted by atomic mass is 32.1. The van der Waals surface area contributed by atoms with E-state index in [4.69, 9.17) is 0 Å². The van der Waals surface area contributed by atoms with Crippen LogP contribution < -0.4 is 5.32 Å². The Bertz CT molecular complexity index is 481. The summed E-state index contributed by atoms with van der Waals surface area (Å²) in [6.07, 6.45) is 7.91. The fraction of sp³-hybridized carbons (Fsp3) is 0.706. The summed E-state index contributed by atoms with van der Waals surface area (Å²) < 4.78 is 0. The second kappa shape index (κ2) is 6.09. The lowest BCUT2D eigenvalue weighted by Gasteiger charge is -2.32. The summed E-state index contributed by atoms with van der Waals surface area (Å²) in [5, 5.41) is 7.93. The average molecular weight is 306 g/mol. The van der Waals surface area contributed by atoms with Crippen molar-refractivity contribution in [1.82, 2.24) is 10.2 Å². The van der Waals surface area contributed by atoms with Crippen molar-refractivity contribution >= 4 is 17.2 Å². The summed E-state index contributed by atoms with van der Waals surface area (Å²) >= 11 is 1.72. The molecular weight excluding hydrogens is 280 g/mol. The Morgan fingerprint density at radius 2 is 2.19 bits per heavy atom. The van der Waals surface area contributed by atoms with Crippen LogP contribution in [0.1, 0.15) is 70.5 Å². The van der Waals surface area contributed by atoms with Crippen LogP contribution in [-0.2, 0) is 4.79 Å². The van der Waals surface area contributed by atoms with Gasteiger partial charge in [0.15, 0.2) is 0 Å². The maximum Gasteiger partial charge on any atom is 0.244 e. The molecule has 1 amide bonds. The second-order valence-corrected chi connectivity index (χ2v) is 7.26. The van der Waals surface area contributed by atoms with E-state index in [9.17, 15) is 4.79 Å². The number of amides is 1. The summed E-state index contributed by atoms with van der Waals surface area (Å²) in [4.78, 5) is 15.1. The van der Waals surface area contributed by atoms with Gasteiger partial charge in [-0.25, -0.2) is 0 Å². The Kier molecular flexibility index (Phi) is 4.36. The maximum absolute atomic E-state index is 12.9. The van der Waals surface area contributed by atoms with Crippen molar-refractivity contribution < 1.29 is 4.79 Å². The molecule has 4 heteroatoms. The van der Waals surface area contributed by atoms with E-state index in [1.807, 2.05) is 0 Å². The lowest BCUT2D eigenvalue weighted by Crippen LogP contribution is -2.40. The zero-order valence-corrected chi connectivity index (χ0v) is 13.9. The molecule has 1 aliphatic heterocycles. The highest BCUT2D eigenvalue weighted by Gasteiger charge is 2.60. The molecule has 116 valence electrons. The highest BCUT2D eigenvalue weighted by Crippen LogP contribution is 2.47. The van der Waals surface area contributed by atoms with E-state index in [0.29, 0.717) is 11.9 Å². The number of nitrogens with zero attached hydrogens (tertiary/aromatic N) is 1. The molecule has 1 aromatic rings. The largest absolute Gasteiger partial charge is 0.318 e. The molecule has 1 N–H and O–H groups in total. The molecule has 1 aromatic heterocycles. The number of unbranched alkanes of at least 4 members (excludes halogenated alkanes) is 1. The van der Waals surface area contributed by atoms with Gasteiger partial charge < -0.3 is 4.90 Å². The Hall–Kier alpha value is -0.870. The first kappa shape index (κ1) is 15.0. The number of rotatable bonds is 7. The predicted molar refractivity (Wildman–Crippen MR) is 87.2 cm³/mol. The van der Waals surface area contributed by atoms with Crippen LogP contribution in [0, 0.1) is 0 Å². The van der Waals surface area contributed by atoms with Gasteiger partial charge in [0.05, 0.1) is 0 Å². The van der Waals surface area contributed by atoms with Crippen LogP contribution >= 0.6 is 11.3 Å². The van der Waals surface area contributed by atoms with E-state index >= 15 is 0 Å². The van der Waals surface area contributed by atoms with Crippen molar-refractivity contribution in [3.8, 4) is 0 Å². The van der Waals surface area contributed by atoms with E-state index in [0.717, 1.165) is 32.1 Å². The molecule has 0 radical (unpaired) electrons. The average Bonchev–Trinajstić information content (AvgIpc) is 2.95. The molecule has 1 spiro atoms. The Balaban J connectivity index is 1.85. The number of hydrogen-bond donors (Lipinski definition) is 1. The summed E-state index contributed by atoms with van der Waals surface area (Å²) in [6.45, 7) is 4.45. The van der Waals surface area contributed by atoms with Crippen LogP contribution in [0.2, 0.25) is 0 Å². The van der Waals surface area contributed by atoms with Crippen molar-refractivity contribution in [1.29, 1.82) is 0 Å². The quantitative estimate of drug-likeness (QED) is 0.823. The van der Waals surface area contributed by atoms with Gasteiger partial charge in [0, 0.05) is 6.04 Å². The van der Waals surface area contributed by atoms with E-state index in [1.54, 1.807) is 11.3 Å². The molecule has 3 rings (SSSR count). The fourth-order valence-electron chi connectivity index (χ4n) is 3.49. The second-order valence-electron chi connectivity index (χ2n) is 6.48. The molecule has 1 saturated carbocycles. The number of nitrogens with one attached hydrogen (secondary N) is 1. The van der Waals surface area contributed by atoms with E-state index in [2.05, 4.69) is 40.9 Å². The molecule has 2 unspecified atom stereocenters. The standard InChI is InChI=1S/C17H26N2OS/c1-3-5-7-14(6-4-2)19-15(13-8-11-21-12-13)18-17(9-10-17)16(19)20/h8,11-12,14-15,18H,3-7,9-10H2,1-2H3. The summed E-state index contributed by atoms with van der Waals surface area (Å²) in [7, 11) is 0. The SMILES string of the molecule is CCCCC(CCC)N1C(=O)C2(CC2)NC1c1ccsc1. The topological polar surface area (TPSA) is 32.3 Å². The highest BCUT2D eigenvalue weighted by molar-refractivity contribution is 7.08. The van der Waals surface area contributed by atoms with Gasteiger partial charge in [-0.05, 0) is 48.1 Å². The van der Waals surface area contributed by atoms with Gasteiger partial charge in [-0.1, -0.05) is 33.1 Å². The Morgan fingerprint density at radius 1 is 1.38 bits per heavy atom. The van der Waals surface area contributed by atoms with E-state index in [1.165, 1.54) is 18.4 Å². The molecule has 3 nitrogen and oxygen atoms in total. The minimum Gasteiger partial charge on any atom is -0.318 e. The van der Waals surface area contributed by atoms with Gasteiger partial charge in [0.1, 0.15) is 11.7 Å². The van der Waals surface area contributed by atoms with Crippen molar-refractivity contribution in [2.45, 2.75) is 76.5 Å².